The van der Waals surface area contributed by atoms with Crippen LogP contribution in [0.1, 0.15) is 38.2 Å². The number of carbonyl (C=O) groups excluding carboxylic acids is 2. The highest BCUT2D eigenvalue weighted by molar-refractivity contribution is 5.86. The highest BCUT2D eigenvalue weighted by Gasteiger charge is 2.47. The second-order valence-corrected chi connectivity index (χ2v) is 7.05. The van der Waals surface area contributed by atoms with Gasteiger partial charge in [-0.15, -0.1) is 0 Å². The molecule has 3 rings (SSSR count). The van der Waals surface area contributed by atoms with E-state index < -0.39 is 11.5 Å². The van der Waals surface area contributed by atoms with Gasteiger partial charge in [0.1, 0.15) is 5.82 Å². The number of nitrogens with one attached hydrogen (secondary N) is 1. The number of β-amino-alcohol motifs (C(OH)–C–C–N with tert-alkyl or cyclic N) is 1. The van der Waals surface area contributed by atoms with Gasteiger partial charge in [-0.1, -0.05) is 12.1 Å². The predicted molar refractivity (Wildman–Crippen MR) is 86.8 cm³/mol. The van der Waals surface area contributed by atoms with Crippen LogP contribution < -0.4 is 5.32 Å². The third-order valence-electron chi connectivity index (χ3n) is 5.22. The molecule has 1 unspecified atom stereocenters. The van der Waals surface area contributed by atoms with Crippen LogP contribution in [0.15, 0.2) is 24.3 Å². The minimum atomic E-state index is -1.54. The largest absolute Gasteiger partial charge is 0.378 e. The number of aliphatic hydroxyl groups is 1. The Morgan fingerprint density at radius 3 is 2.71 bits per heavy atom. The van der Waals surface area contributed by atoms with Gasteiger partial charge < -0.3 is 15.3 Å². The molecule has 0 bridgehead atoms. The number of nitrogens with zero attached hydrogens (tertiary/aromatic N) is 1. The highest BCUT2D eigenvalue weighted by atomic mass is 19.1. The molecule has 2 aliphatic rings. The summed E-state index contributed by atoms with van der Waals surface area (Å²) >= 11 is 0. The van der Waals surface area contributed by atoms with E-state index in [2.05, 4.69) is 5.32 Å². The topological polar surface area (TPSA) is 69.6 Å². The highest BCUT2D eigenvalue weighted by Crippen LogP contribution is 2.47. The zero-order valence-corrected chi connectivity index (χ0v) is 13.8. The summed E-state index contributed by atoms with van der Waals surface area (Å²) in [5.74, 6) is -0.872. The lowest BCUT2D eigenvalue weighted by Crippen LogP contribution is -2.58. The third kappa shape index (κ3) is 3.29. The molecule has 0 radical (unpaired) electrons. The van der Waals surface area contributed by atoms with E-state index in [1.165, 1.54) is 24.0 Å². The van der Waals surface area contributed by atoms with E-state index in [0.29, 0.717) is 25.9 Å². The normalized spacial score (nSPS) is 25.2. The van der Waals surface area contributed by atoms with Crippen molar-refractivity contribution in [3.05, 3.63) is 35.6 Å². The molecule has 1 heterocycles. The number of halogens is 1. The SMILES string of the molecule is CC(=O)N1CCCC(O)(C(=O)NCC2(c3cccc(F)c3)CC2)C1. The van der Waals surface area contributed by atoms with Gasteiger partial charge in [-0.25, -0.2) is 4.39 Å². The van der Waals surface area contributed by atoms with E-state index in [1.807, 2.05) is 6.07 Å². The Morgan fingerprint density at radius 2 is 2.08 bits per heavy atom. The van der Waals surface area contributed by atoms with Gasteiger partial charge in [-0.05, 0) is 43.4 Å². The van der Waals surface area contributed by atoms with E-state index in [1.54, 1.807) is 6.07 Å². The quantitative estimate of drug-likeness (QED) is 0.873. The molecular weight excluding hydrogens is 311 g/mol. The van der Waals surface area contributed by atoms with Crippen LogP contribution >= 0.6 is 0 Å². The summed E-state index contributed by atoms with van der Waals surface area (Å²) in [6.07, 6.45) is 2.71. The van der Waals surface area contributed by atoms with Crippen molar-refractivity contribution in [2.75, 3.05) is 19.6 Å². The Bertz CT molecular complexity index is 659. The molecule has 24 heavy (non-hydrogen) atoms. The Balaban J connectivity index is 1.64. The lowest BCUT2D eigenvalue weighted by atomic mass is 9.90. The molecule has 0 spiro atoms. The average Bonchev–Trinajstić information content (AvgIpc) is 3.34. The first kappa shape index (κ1) is 16.9. The summed E-state index contributed by atoms with van der Waals surface area (Å²) in [6, 6.07) is 6.45. The molecule has 0 aromatic heterocycles. The Morgan fingerprint density at radius 1 is 1.33 bits per heavy atom. The zero-order chi connectivity index (χ0) is 17.4. The first-order valence-electron chi connectivity index (χ1n) is 8.37. The van der Waals surface area contributed by atoms with Gasteiger partial charge in [0, 0.05) is 25.4 Å². The summed E-state index contributed by atoms with van der Waals surface area (Å²) in [5.41, 5.74) is -0.894. The standard InChI is InChI=1S/C18H23FN2O3/c1-13(22)21-9-3-6-18(24,12-21)16(23)20-11-17(7-8-17)14-4-2-5-15(19)10-14/h2,4-5,10,24H,3,6-9,11-12H2,1H3,(H,20,23). The van der Waals surface area contributed by atoms with Crippen molar-refractivity contribution in [3.8, 4) is 0 Å². The number of likely N-dealkylation sites (tertiary alicyclic amines) is 1. The van der Waals surface area contributed by atoms with Gasteiger partial charge in [0.25, 0.3) is 5.91 Å². The van der Waals surface area contributed by atoms with Crippen LogP contribution in [-0.4, -0.2) is 47.1 Å². The number of carbonyl (C=O) groups is 2. The fraction of sp³-hybridized carbons (Fsp3) is 0.556. The summed E-state index contributed by atoms with van der Waals surface area (Å²) in [4.78, 5) is 25.5. The van der Waals surface area contributed by atoms with Gasteiger partial charge in [0.15, 0.2) is 5.60 Å². The molecule has 2 N–H and O–H groups in total. The van der Waals surface area contributed by atoms with Crippen LogP contribution in [0.4, 0.5) is 4.39 Å². The second kappa shape index (κ2) is 6.16. The van der Waals surface area contributed by atoms with Crippen molar-refractivity contribution in [3.63, 3.8) is 0 Å². The van der Waals surface area contributed by atoms with Gasteiger partial charge in [0.2, 0.25) is 5.91 Å². The number of rotatable bonds is 4. The smallest absolute Gasteiger partial charge is 0.253 e. The summed E-state index contributed by atoms with van der Waals surface area (Å²) in [5, 5.41) is 13.4. The molecular formula is C18H23FN2O3. The average molecular weight is 334 g/mol. The monoisotopic (exact) mass is 334 g/mol. The fourth-order valence-electron chi connectivity index (χ4n) is 3.44. The van der Waals surface area contributed by atoms with Crippen LogP contribution in [0.3, 0.4) is 0 Å². The Kier molecular flexibility index (Phi) is 4.34. The number of piperidine rings is 1. The van der Waals surface area contributed by atoms with E-state index in [4.69, 9.17) is 0 Å². The van der Waals surface area contributed by atoms with Crippen molar-refractivity contribution >= 4 is 11.8 Å². The van der Waals surface area contributed by atoms with Crippen molar-refractivity contribution < 1.29 is 19.1 Å². The summed E-state index contributed by atoms with van der Waals surface area (Å²) < 4.78 is 13.4. The molecule has 1 aliphatic carbocycles. The minimum absolute atomic E-state index is 0.0289. The van der Waals surface area contributed by atoms with Crippen molar-refractivity contribution in [2.24, 2.45) is 0 Å². The second-order valence-electron chi connectivity index (χ2n) is 7.05. The van der Waals surface area contributed by atoms with Crippen LogP contribution in [-0.2, 0) is 15.0 Å². The summed E-state index contributed by atoms with van der Waals surface area (Å²) in [7, 11) is 0. The van der Waals surface area contributed by atoms with Crippen molar-refractivity contribution in [2.45, 2.75) is 43.6 Å². The lowest BCUT2D eigenvalue weighted by Gasteiger charge is -2.37. The molecule has 2 fully saturated rings. The molecule has 1 aliphatic heterocycles. The van der Waals surface area contributed by atoms with E-state index >= 15 is 0 Å². The maximum atomic E-state index is 13.4. The van der Waals surface area contributed by atoms with Crippen LogP contribution in [0.5, 0.6) is 0 Å². The molecule has 1 saturated heterocycles. The Hall–Kier alpha value is -1.95. The van der Waals surface area contributed by atoms with Crippen molar-refractivity contribution in [1.82, 2.24) is 10.2 Å². The Labute approximate surface area is 140 Å². The first-order valence-corrected chi connectivity index (χ1v) is 8.37. The maximum absolute atomic E-state index is 13.4. The van der Waals surface area contributed by atoms with Crippen LogP contribution in [0.25, 0.3) is 0 Å². The van der Waals surface area contributed by atoms with E-state index in [9.17, 15) is 19.1 Å². The van der Waals surface area contributed by atoms with Crippen LogP contribution in [0.2, 0.25) is 0 Å². The molecule has 1 aromatic carbocycles. The predicted octanol–water partition coefficient (Wildman–Crippen LogP) is 1.35. The molecule has 1 aromatic rings. The molecule has 6 heteroatoms. The maximum Gasteiger partial charge on any atom is 0.253 e. The van der Waals surface area contributed by atoms with Crippen LogP contribution in [0, 0.1) is 5.82 Å². The third-order valence-corrected chi connectivity index (χ3v) is 5.22. The molecule has 130 valence electrons. The first-order chi connectivity index (χ1) is 11.3. The minimum Gasteiger partial charge on any atom is -0.378 e. The van der Waals surface area contributed by atoms with Gasteiger partial charge in [-0.3, -0.25) is 9.59 Å². The number of benzene rings is 1. The zero-order valence-electron chi connectivity index (χ0n) is 13.8. The van der Waals surface area contributed by atoms with Gasteiger partial charge >= 0.3 is 0 Å². The molecule has 2 amide bonds. The van der Waals surface area contributed by atoms with E-state index in [-0.39, 0.29) is 23.7 Å². The van der Waals surface area contributed by atoms with E-state index in [0.717, 1.165) is 18.4 Å². The molecule has 1 atom stereocenters. The molecule has 1 saturated carbocycles. The van der Waals surface area contributed by atoms with Gasteiger partial charge in [0.05, 0.1) is 6.54 Å². The lowest BCUT2D eigenvalue weighted by molar-refractivity contribution is -0.150. The summed E-state index contributed by atoms with van der Waals surface area (Å²) in [6.45, 7) is 2.41. The molecule has 5 nitrogen and oxygen atoms in total. The van der Waals surface area contributed by atoms with Crippen molar-refractivity contribution in [1.29, 1.82) is 0 Å². The number of hydrogen-bond donors (Lipinski definition) is 2. The van der Waals surface area contributed by atoms with Gasteiger partial charge in [-0.2, -0.15) is 0 Å². The number of amides is 2. The fourth-order valence-corrected chi connectivity index (χ4v) is 3.44. The number of hydrogen-bond acceptors (Lipinski definition) is 3.